The summed E-state index contributed by atoms with van der Waals surface area (Å²) in [6.07, 6.45) is -5.09. The quantitative estimate of drug-likeness (QED) is 0.565. The van der Waals surface area contributed by atoms with Crippen LogP contribution in [0.2, 0.25) is 5.32 Å². The van der Waals surface area contributed by atoms with Crippen molar-refractivity contribution in [2.75, 3.05) is 13.2 Å². The van der Waals surface area contributed by atoms with E-state index in [1.165, 1.54) is 0 Å². The van der Waals surface area contributed by atoms with Crippen molar-refractivity contribution in [2.24, 2.45) is 0 Å². The van der Waals surface area contributed by atoms with E-state index in [1.807, 2.05) is 30.3 Å². The third-order valence-electron chi connectivity index (χ3n) is 1.91. The summed E-state index contributed by atoms with van der Waals surface area (Å²) in [5, 5.41) is 0.473. The van der Waals surface area contributed by atoms with Gasteiger partial charge in [-0.1, -0.05) is 0 Å². The third kappa shape index (κ3) is 7.01. The van der Waals surface area contributed by atoms with E-state index < -0.39 is 19.1 Å². The molecule has 1 rings (SSSR count). The first kappa shape index (κ1) is 15.5. The first-order valence-corrected chi connectivity index (χ1v) is 7.56. The zero-order chi connectivity index (χ0) is 13.4. The number of hydrogen-bond donors (Lipinski definition) is 0. The second kappa shape index (κ2) is 7.79. The summed E-state index contributed by atoms with van der Waals surface area (Å²) < 4.78 is 47.1. The Bertz CT molecular complexity index is 330. The van der Waals surface area contributed by atoms with Gasteiger partial charge in [0.05, 0.1) is 0 Å². The SMILES string of the molecule is CCOC(C[Se]c1ccccc1)OCC(F)(F)F. The summed E-state index contributed by atoms with van der Waals surface area (Å²) in [6.45, 7) is 0.815. The molecule has 6 heteroatoms. The van der Waals surface area contributed by atoms with Crippen LogP contribution in [0.4, 0.5) is 13.2 Å². The molecule has 0 saturated carbocycles. The molecular weight excluding hydrogens is 312 g/mol. The van der Waals surface area contributed by atoms with E-state index in [0.29, 0.717) is 11.9 Å². The summed E-state index contributed by atoms with van der Waals surface area (Å²) in [5.74, 6) is 0. The molecule has 0 aromatic heterocycles. The van der Waals surface area contributed by atoms with E-state index in [0.717, 1.165) is 4.46 Å². The maximum atomic E-state index is 12.0. The topological polar surface area (TPSA) is 18.5 Å². The molecule has 0 heterocycles. The van der Waals surface area contributed by atoms with Gasteiger partial charge in [0.25, 0.3) is 0 Å². The van der Waals surface area contributed by atoms with Gasteiger partial charge in [0, 0.05) is 0 Å². The van der Waals surface area contributed by atoms with Gasteiger partial charge in [0.1, 0.15) is 0 Å². The molecule has 0 bridgehead atoms. The predicted molar refractivity (Wildman–Crippen MR) is 64.1 cm³/mol. The van der Waals surface area contributed by atoms with Gasteiger partial charge in [-0.25, -0.2) is 0 Å². The van der Waals surface area contributed by atoms with Gasteiger partial charge in [-0.3, -0.25) is 0 Å². The predicted octanol–water partition coefficient (Wildman–Crippen LogP) is 2.38. The number of rotatable bonds is 7. The number of halogens is 3. The van der Waals surface area contributed by atoms with Gasteiger partial charge in [0.2, 0.25) is 0 Å². The first-order valence-electron chi connectivity index (χ1n) is 5.49. The summed E-state index contributed by atoms with van der Waals surface area (Å²) in [4.78, 5) is 0. The van der Waals surface area contributed by atoms with Crippen molar-refractivity contribution in [2.45, 2.75) is 24.7 Å². The Kier molecular flexibility index (Phi) is 6.71. The molecule has 0 fully saturated rings. The molecule has 1 unspecified atom stereocenters. The van der Waals surface area contributed by atoms with Gasteiger partial charge >= 0.3 is 110 Å². The van der Waals surface area contributed by atoms with Gasteiger partial charge in [-0.15, -0.1) is 0 Å². The van der Waals surface area contributed by atoms with Crippen LogP contribution in [0.15, 0.2) is 30.3 Å². The average molecular weight is 327 g/mol. The molecule has 1 atom stereocenters. The second-order valence-corrected chi connectivity index (χ2v) is 5.73. The normalized spacial score (nSPS) is 13.6. The molecule has 0 aliphatic carbocycles. The van der Waals surface area contributed by atoms with Crippen molar-refractivity contribution in [1.82, 2.24) is 0 Å². The fourth-order valence-electron chi connectivity index (χ4n) is 1.20. The standard InChI is InChI=1S/C12H15F3O2Se/c1-2-16-11(17-9-12(13,14)15)8-18-10-6-4-3-5-7-10/h3-7,11H,2,8-9H2,1H3. The van der Waals surface area contributed by atoms with E-state index >= 15 is 0 Å². The molecule has 0 saturated heterocycles. The van der Waals surface area contributed by atoms with Gasteiger partial charge in [-0.05, 0) is 0 Å². The van der Waals surface area contributed by atoms with Gasteiger partial charge in [0.15, 0.2) is 0 Å². The number of alkyl halides is 3. The molecule has 0 amide bonds. The van der Waals surface area contributed by atoms with Crippen LogP contribution in [0, 0.1) is 0 Å². The Morgan fingerprint density at radius 2 is 1.83 bits per heavy atom. The van der Waals surface area contributed by atoms with Crippen LogP contribution >= 0.6 is 0 Å². The van der Waals surface area contributed by atoms with Crippen LogP contribution < -0.4 is 4.46 Å². The Hall–Kier alpha value is -0.551. The number of benzene rings is 1. The molecule has 102 valence electrons. The zero-order valence-corrected chi connectivity index (χ0v) is 11.7. The Balaban J connectivity index is 2.38. The van der Waals surface area contributed by atoms with Crippen LogP contribution in [-0.2, 0) is 9.47 Å². The Labute approximate surface area is 111 Å². The van der Waals surface area contributed by atoms with E-state index in [9.17, 15) is 13.2 Å². The second-order valence-electron chi connectivity index (χ2n) is 3.44. The van der Waals surface area contributed by atoms with Crippen molar-refractivity contribution in [1.29, 1.82) is 0 Å². The molecule has 0 N–H and O–H groups in total. The van der Waals surface area contributed by atoms with E-state index in [1.54, 1.807) is 6.92 Å². The van der Waals surface area contributed by atoms with Crippen molar-refractivity contribution in [3.63, 3.8) is 0 Å². The molecule has 0 radical (unpaired) electrons. The monoisotopic (exact) mass is 328 g/mol. The van der Waals surface area contributed by atoms with Crippen molar-refractivity contribution < 1.29 is 22.6 Å². The minimum atomic E-state index is -4.31. The van der Waals surface area contributed by atoms with Crippen LogP contribution in [-0.4, -0.2) is 40.6 Å². The van der Waals surface area contributed by atoms with E-state index in [4.69, 9.17) is 9.47 Å². The van der Waals surface area contributed by atoms with Gasteiger partial charge in [-0.2, -0.15) is 0 Å². The Morgan fingerprint density at radius 3 is 2.39 bits per heavy atom. The molecule has 1 aromatic carbocycles. The third-order valence-corrected chi connectivity index (χ3v) is 4.11. The van der Waals surface area contributed by atoms with E-state index in [-0.39, 0.29) is 15.0 Å². The number of ether oxygens (including phenoxy) is 2. The molecule has 2 nitrogen and oxygen atoms in total. The molecule has 0 aliphatic heterocycles. The summed E-state index contributed by atoms with van der Waals surface area (Å²) >= 11 is 0.0483. The van der Waals surface area contributed by atoms with Crippen LogP contribution in [0.25, 0.3) is 0 Å². The van der Waals surface area contributed by atoms with Crippen molar-refractivity contribution in [3.8, 4) is 0 Å². The molecule has 1 aromatic rings. The van der Waals surface area contributed by atoms with Crippen LogP contribution in [0.1, 0.15) is 6.92 Å². The molecule has 0 spiro atoms. The number of hydrogen-bond acceptors (Lipinski definition) is 2. The average Bonchev–Trinajstić information content (AvgIpc) is 2.33. The molecule has 18 heavy (non-hydrogen) atoms. The van der Waals surface area contributed by atoms with Crippen molar-refractivity contribution in [3.05, 3.63) is 30.3 Å². The van der Waals surface area contributed by atoms with Crippen LogP contribution in [0.5, 0.6) is 0 Å². The molecular formula is C12H15F3O2Se. The van der Waals surface area contributed by atoms with Gasteiger partial charge < -0.3 is 0 Å². The zero-order valence-electron chi connectivity index (χ0n) is 9.94. The fraction of sp³-hybridized carbons (Fsp3) is 0.500. The summed E-state index contributed by atoms with van der Waals surface area (Å²) in [6, 6.07) is 9.62. The summed E-state index contributed by atoms with van der Waals surface area (Å²) in [5.41, 5.74) is 0. The maximum absolute atomic E-state index is 12.0. The fourth-order valence-corrected chi connectivity index (χ4v) is 3.03. The molecule has 0 aliphatic rings. The Morgan fingerprint density at radius 1 is 1.17 bits per heavy atom. The summed E-state index contributed by atoms with van der Waals surface area (Å²) in [7, 11) is 0. The first-order chi connectivity index (χ1) is 8.51. The minimum absolute atomic E-state index is 0.0483. The van der Waals surface area contributed by atoms with E-state index in [2.05, 4.69) is 0 Å². The van der Waals surface area contributed by atoms with Crippen LogP contribution in [0.3, 0.4) is 0 Å². The van der Waals surface area contributed by atoms with Crippen molar-refractivity contribution >= 4 is 19.4 Å².